The number of hydrogen-bond donors (Lipinski definition) is 1. The minimum Gasteiger partial charge on any atom is -0.468 e. The van der Waals surface area contributed by atoms with E-state index in [-0.39, 0.29) is 6.61 Å². The third-order valence-corrected chi connectivity index (χ3v) is 3.48. The lowest BCUT2D eigenvalue weighted by Gasteiger charge is -2.26. The summed E-state index contributed by atoms with van der Waals surface area (Å²) in [5, 5.41) is 13.4. The summed E-state index contributed by atoms with van der Waals surface area (Å²) in [6, 6.07) is 6.09. The van der Waals surface area contributed by atoms with Gasteiger partial charge in [0, 0.05) is 0 Å². The van der Waals surface area contributed by atoms with Crippen molar-refractivity contribution in [3.63, 3.8) is 0 Å². The topological polar surface area (TPSA) is 73.6 Å². The molecule has 0 amide bonds. The lowest BCUT2D eigenvalue weighted by atomic mass is 10.1. The van der Waals surface area contributed by atoms with Crippen LogP contribution in [0.15, 0.2) is 30.1 Å². The van der Waals surface area contributed by atoms with Gasteiger partial charge in [0.2, 0.25) is 0 Å². The van der Waals surface area contributed by atoms with Crippen LogP contribution in [0, 0.1) is 10.1 Å². The lowest BCUT2D eigenvalue weighted by Crippen LogP contribution is -2.43. The van der Waals surface area contributed by atoms with Crippen LogP contribution in [0.25, 0.3) is 0 Å². The molecule has 6 nitrogen and oxygen atoms in total. The van der Waals surface area contributed by atoms with Crippen molar-refractivity contribution in [2.45, 2.75) is 25.5 Å². The van der Waals surface area contributed by atoms with Crippen molar-refractivity contribution in [1.82, 2.24) is 5.32 Å². The number of nitro groups is 1. The summed E-state index contributed by atoms with van der Waals surface area (Å²) >= 11 is 0. The highest BCUT2D eigenvalue weighted by atomic mass is 16.6. The number of nitrogens with zero attached hydrogens (tertiary/aromatic N) is 1. The van der Waals surface area contributed by atoms with Gasteiger partial charge in [0.15, 0.2) is 6.23 Å². The van der Waals surface area contributed by atoms with Crippen molar-refractivity contribution in [2.24, 2.45) is 0 Å². The van der Waals surface area contributed by atoms with Crippen molar-refractivity contribution in [3.8, 4) is 5.75 Å². The predicted octanol–water partition coefficient (Wildman–Crippen LogP) is 1.62. The second-order valence-electron chi connectivity index (χ2n) is 4.99. The molecule has 0 bridgehead atoms. The van der Waals surface area contributed by atoms with Gasteiger partial charge in [-0.15, -0.1) is 0 Å². The average Bonchev–Trinajstić information content (AvgIpc) is 2.85. The Bertz CT molecular complexity index is 556. The number of nitrogens with one attached hydrogen (secondary N) is 1. The predicted molar refractivity (Wildman–Crippen MR) is 71.9 cm³/mol. The Kier molecular flexibility index (Phi) is 3.56. The maximum absolute atomic E-state index is 10.5. The summed E-state index contributed by atoms with van der Waals surface area (Å²) < 4.78 is 11.1. The van der Waals surface area contributed by atoms with E-state index in [4.69, 9.17) is 9.47 Å². The first-order valence-electron chi connectivity index (χ1n) is 6.67. The van der Waals surface area contributed by atoms with E-state index in [9.17, 15) is 10.1 Å². The van der Waals surface area contributed by atoms with Crippen LogP contribution in [0.1, 0.15) is 17.5 Å². The molecule has 1 aliphatic heterocycles. The summed E-state index contributed by atoms with van der Waals surface area (Å²) in [6.07, 6.45) is 3.94. The fourth-order valence-corrected chi connectivity index (χ4v) is 2.62. The van der Waals surface area contributed by atoms with Gasteiger partial charge in [0.25, 0.3) is 6.20 Å². The zero-order chi connectivity index (χ0) is 13.9. The minimum absolute atomic E-state index is 0.213. The fourth-order valence-electron chi connectivity index (χ4n) is 2.62. The summed E-state index contributed by atoms with van der Waals surface area (Å²) in [5.74, 6) is 0.772. The first kappa shape index (κ1) is 12.9. The zero-order valence-electron chi connectivity index (χ0n) is 11.0. The van der Waals surface area contributed by atoms with Crippen molar-refractivity contribution in [2.75, 3.05) is 13.2 Å². The van der Waals surface area contributed by atoms with Gasteiger partial charge in [-0.1, -0.05) is 6.07 Å². The van der Waals surface area contributed by atoms with Crippen molar-refractivity contribution < 1.29 is 14.4 Å². The zero-order valence-corrected chi connectivity index (χ0v) is 11.0. The molecule has 1 N–H and O–H groups in total. The number of hydrogen-bond acceptors (Lipinski definition) is 5. The maximum Gasteiger partial charge on any atom is 0.255 e. The normalized spacial score (nSPS) is 23.2. The molecular weight excluding hydrogens is 260 g/mol. The summed E-state index contributed by atoms with van der Waals surface area (Å²) in [6.45, 7) is 0.581. The molecule has 2 aliphatic rings. The molecule has 6 heteroatoms. The highest BCUT2D eigenvalue weighted by Gasteiger charge is 2.20. The molecule has 1 fully saturated rings. The van der Waals surface area contributed by atoms with Gasteiger partial charge in [0.1, 0.15) is 18.1 Å². The molecule has 1 atom stereocenters. The largest absolute Gasteiger partial charge is 0.468 e. The van der Waals surface area contributed by atoms with E-state index >= 15 is 0 Å². The van der Waals surface area contributed by atoms with Crippen LogP contribution in [0.4, 0.5) is 0 Å². The van der Waals surface area contributed by atoms with E-state index in [1.807, 2.05) is 6.07 Å². The van der Waals surface area contributed by atoms with Gasteiger partial charge in [-0.05, 0) is 42.5 Å². The van der Waals surface area contributed by atoms with Crippen LogP contribution < -0.4 is 10.1 Å². The number of morpholine rings is 1. The molecule has 1 unspecified atom stereocenters. The SMILES string of the molecule is O=[N+]([O-])C=C1COCC(Oc2ccc3c(c2)CCC3)N1. The maximum atomic E-state index is 10.5. The lowest BCUT2D eigenvalue weighted by molar-refractivity contribution is -0.404. The van der Waals surface area contributed by atoms with Gasteiger partial charge in [-0.25, -0.2) is 0 Å². The van der Waals surface area contributed by atoms with Crippen molar-refractivity contribution in [1.29, 1.82) is 0 Å². The third-order valence-electron chi connectivity index (χ3n) is 3.48. The number of fused-ring (bicyclic) bond motifs is 1. The first-order valence-corrected chi connectivity index (χ1v) is 6.67. The Hall–Kier alpha value is -2.08. The van der Waals surface area contributed by atoms with E-state index in [1.165, 1.54) is 17.5 Å². The molecule has 0 saturated carbocycles. The Morgan fingerprint density at radius 2 is 2.25 bits per heavy atom. The van der Waals surface area contributed by atoms with Gasteiger partial charge in [-0.2, -0.15) is 0 Å². The monoisotopic (exact) mass is 276 g/mol. The second-order valence-corrected chi connectivity index (χ2v) is 4.99. The molecule has 0 radical (unpaired) electrons. The van der Waals surface area contributed by atoms with E-state index < -0.39 is 11.2 Å². The van der Waals surface area contributed by atoms with Crippen molar-refractivity contribution in [3.05, 3.63) is 51.3 Å². The van der Waals surface area contributed by atoms with Gasteiger partial charge < -0.3 is 14.8 Å². The molecule has 1 aliphatic carbocycles. The van der Waals surface area contributed by atoms with Crippen LogP contribution in [0.5, 0.6) is 5.75 Å². The number of aryl methyl sites for hydroxylation is 2. The Balaban J connectivity index is 1.67. The first-order chi connectivity index (χ1) is 9.70. The minimum atomic E-state index is -0.497. The van der Waals surface area contributed by atoms with Crippen LogP contribution >= 0.6 is 0 Å². The molecule has 106 valence electrons. The van der Waals surface area contributed by atoms with Gasteiger partial charge >= 0.3 is 0 Å². The summed E-state index contributed by atoms with van der Waals surface area (Å²) in [5.41, 5.74) is 3.15. The van der Waals surface area contributed by atoms with Crippen LogP contribution in [0.2, 0.25) is 0 Å². The molecule has 1 saturated heterocycles. The molecule has 20 heavy (non-hydrogen) atoms. The number of benzene rings is 1. The molecule has 0 aromatic heterocycles. The molecule has 1 aromatic carbocycles. The summed E-state index contributed by atoms with van der Waals surface area (Å²) in [4.78, 5) is 9.96. The average molecular weight is 276 g/mol. The van der Waals surface area contributed by atoms with E-state index in [0.29, 0.717) is 12.3 Å². The smallest absolute Gasteiger partial charge is 0.255 e. The highest BCUT2D eigenvalue weighted by molar-refractivity contribution is 5.38. The van der Waals surface area contributed by atoms with E-state index in [2.05, 4.69) is 17.4 Å². The quantitative estimate of drug-likeness (QED) is 0.670. The van der Waals surface area contributed by atoms with Crippen LogP contribution in [0.3, 0.4) is 0 Å². The molecule has 0 spiro atoms. The van der Waals surface area contributed by atoms with E-state index in [1.54, 1.807) is 0 Å². The Morgan fingerprint density at radius 1 is 1.40 bits per heavy atom. The second kappa shape index (κ2) is 5.50. The van der Waals surface area contributed by atoms with Gasteiger partial charge in [0.05, 0.1) is 11.5 Å². The summed E-state index contributed by atoms with van der Waals surface area (Å²) in [7, 11) is 0. The molecule has 1 aromatic rings. The number of ether oxygens (including phenoxy) is 2. The van der Waals surface area contributed by atoms with Crippen LogP contribution in [-0.4, -0.2) is 24.4 Å². The standard InChI is InChI=1S/C14H16N2O4/c17-16(18)7-12-8-19-9-14(15-12)20-13-5-4-10-2-1-3-11(10)6-13/h4-7,14-15H,1-3,8-9H2. The number of rotatable bonds is 3. The molecule has 3 rings (SSSR count). The van der Waals surface area contributed by atoms with Crippen LogP contribution in [-0.2, 0) is 17.6 Å². The van der Waals surface area contributed by atoms with Crippen molar-refractivity contribution >= 4 is 0 Å². The fraction of sp³-hybridized carbons (Fsp3) is 0.429. The molecule has 1 heterocycles. The van der Waals surface area contributed by atoms with Gasteiger partial charge in [-0.3, -0.25) is 10.1 Å². The van der Waals surface area contributed by atoms with E-state index in [0.717, 1.165) is 24.8 Å². The highest BCUT2D eigenvalue weighted by Crippen LogP contribution is 2.26. The molecular formula is C14H16N2O4. The Morgan fingerprint density at radius 3 is 3.10 bits per heavy atom. The third kappa shape index (κ3) is 2.91. The Labute approximate surface area is 116 Å².